The van der Waals surface area contributed by atoms with Crippen molar-refractivity contribution in [3.63, 3.8) is 0 Å². The van der Waals surface area contributed by atoms with Gasteiger partial charge in [0, 0.05) is 5.02 Å². The quantitative estimate of drug-likeness (QED) is 0.560. The van der Waals surface area contributed by atoms with E-state index in [0.29, 0.717) is 5.02 Å². The Balaban J connectivity index is 2.76. The normalized spacial score (nSPS) is 9.27. The van der Waals surface area contributed by atoms with Crippen LogP contribution in [0.25, 0.3) is 6.08 Å². The Morgan fingerprint density at radius 2 is 1.73 bits per heavy atom. The van der Waals surface area contributed by atoms with Gasteiger partial charge in [-0.05, 0) is 23.8 Å². The Morgan fingerprint density at radius 3 is 2.27 bits per heavy atom. The molecule has 0 aliphatic carbocycles. The third-order valence-electron chi connectivity index (χ3n) is 1.66. The van der Waals surface area contributed by atoms with Crippen molar-refractivity contribution < 1.29 is 0 Å². The van der Waals surface area contributed by atoms with Crippen LogP contribution in [0.15, 0.2) is 42.0 Å². The lowest BCUT2D eigenvalue weighted by molar-refractivity contribution is 1.46. The Kier molecular flexibility index (Phi) is 4.16. The number of rotatable bonds is 2. The molecule has 0 aliphatic heterocycles. The highest BCUT2D eigenvalue weighted by Crippen LogP contribution is 2.10. The van der Waals surface area contributed by atoms with E-state index in [2.05, 4.69) is 0 Å². The molecule has 1 aromatic carbocycles. The van der Waals surface area contributed by atoms with Crippen LogP contribution < -0.4 is 0 Å². The van der Waals surface area contributed by atoms with Crippen LogP contribution in [0.3, 0.4) is 0 Å². The molecule has 1 aromatic rings. The molecule has 0 heterocycles. The van der Waals surface area contributed by atoms with Crippen molar-refractivity contribution in [2.75, 3.05) is 0 Å². The zero-order valence-electron chi connectivity index (χ0n) is 7.81. The topological polar surface area (TPSA) is 47.6 Å². The van der Waals surface area contributed by atoms with Crippen molar-refractivity contribution >= 4 is 17.7 Å². The molecule has 0 aliphatic rings. The average molecular weight is 215 g/mol. The second kappa shape index (κ2) is 5.65. The highest BCUT2D eigenvalue weighted by Gasteiger charge is 1.88. The van der Waals surface area contributed by atoms with E-state index in [-0.39, 0.29) is 5.57 Å². The van der Waals surface area contributed by atoms with E-state index in [1.807, 2.05) is 12.1 Å². The maximum absolute atomic E-state index is 8.47. The summed E-state index contributed by atoms with van der Waals surface area (Å²) in [6.07, 6.45) is 4.92. The van der Waals surface area contributed by atoms with Gasteiger partial charge in [0.1, 0.15) is 17.7 Å². The first kappa shape index (κ1) is 11.0. The number of nitrogens with zero attached hydrogens (tertiary/aromatic N) is 2. The van der Waals surface area contributed by atoms with E-state index < -0.39 is 0 Å². The first-order chi connectivity index (χ1) is 7.26. The van der Waals surface area contributed by atoms with Crippen LogP contribution in [-0.4, -0.2) is 0 Å². The molecule has 0 unspecified atom stereocenters. The molecule has 0 aromatic heterocycles. The van der Waals surface area contributed by atoms with Crippen molar-refractivity contribution in [3.8, 4) is 12.1 Å². The van der Waals surface area contributed by atoms with Gasteiger partial charge in [0.15, 0.2) is 0 Å². The van der Waals surface area contributed by atoms with E-state index in [9.17, 15) is 0 Å². The lowest BCUT2D eigenvalue weighted by atomic mass is 10.2. The molecule has 15 heavy (non-hydrogen) atoms. The first-order valence-corrected chi connectivity index (χ1v) is 4.58. The first-order valence-electron chi connectivity index (χ1n) is 4.20. The number of hydrogen-bond donors (Lipinski definition) is 0. The van der Waals surface area contributed by atoms with Crippen LogP contribution in [0.2, 0.25) is 5.02 Å². The molecule has 0 fully saturated rings. The molecule has 3 heteroatoms. The summed E-state index contributed by atoms with van der Waals surface area (Å²) in [4.78, 5) is 0. The van der Waals surface area contributed by atoms with E-state index in [0.717, 1.165) is 5.56 Å². The van der Waals surface area contributed by atoms with Gasteiger partial charge in [-0.1, -0.05) is 35.9 Å². The summed E-state index contributed by atoms with van der Waals surface area (Å²) in [5.74, 6) is 0. The van der Waals surface area contributed by atoms with E-state index >= 15 is 0 Å². The third-order valence-corrected chi connectivity index (χ3v) is 1.91. The fourth-order valence-corrected chi connectivity index (χ4v) is 1.05. The second-order valence-corrected chi connectivity index (χ2v) is 3.15. The highest BCUT2D eigenvalue weighted by molar-refractivity contribution is 6.30. The zero-order chi connectivity index (χ0) is 11.1. The van der Waals surface area contributed by atoms with E-state index in [1.54, 1.807) is 36.4 Å². The van der Waals surface area contributed by atoms with Gasteiger partial charge in [-0.25, -0.2) is 0 Å². The van der Waals surface area contributed by atoms with Crippen LogP contribution in [0.4, 0.5) is 0 Å². The molecule has 1 rings (SSSR count). The van der Waals surface area contributed by atoms with Gasteiger partial charge < -0.3 is 0 Å². The molecule has 0 N–H and O–H groups in total. The Morgan fingerprint density at radius 1 is 1.13 bits per heavy atom. The summed E-state index contributed by atoms with van der Waals surface area (Å²) in [5.41, 5.74) is 1.05. The summed E-state index contributed by atoms with van der Waals surface area (Å²) in [6.45, 7) is 0. The third kappa shape index (κ3) is 3.68. The molecule has 72 valence electrons. The van der Waals surface area contributed by atoms with Gasteiger partial charge >= 0.3 is 0 Å². The number of hydrogen-bond acceptors (Lipinski definition) is 2. The zero-order valence-corrected chi connectivity index (χ0v) is 8.57. The standard InChI is InChI=1S/C12H7ClN2/c13-12-6-4-10(5-7-12)2-1-3-11(8-14)9-15/h1-7H/b2-1+. The SMILES string of the molecule is N#CC(C#N)=C/C=C/c1ccc(Cl)cc1. The van der Waals surface area contributed by atoms with Crippen LogP contribution >= 0.6 is 11.6 Å². The predicted octanol–water partition coefficient (Wildman–Crippen LogP) is 3.33. The maximum atomic E-state index is 8.47. The highest BCUT2D eigenvalue weighted by atomic mass is 35.5. The lowest BCUT2D eigenvalue weighted by Crippen LogP contribution is -1.71. The van der Waals surface area contributed by atoms with Crippen molar-refractivity contribution in [2.24, 2.45) is 0 Å². The van der Waals surface area contributed by atoms with Crippen LogP contribution in [0, 0.1) is 22.7 Å². The number of halogens is 1. The van der Waals surface area contributed by atoms with Gasteiger partial charge in [-0.2, -0.15) is 10.5 Å². The number of nitriles is 2. The van der Waals surface area contributed by atoms with Crippen molar-refractivity contribution in [3.05, 3.63) is 52.6 Å². The largest absolute Gasteiger partial charge is 0.192 e. The van der Waals surface area contributed by atoms with Crippen LogP contribution in [-0.2, 0) is 0 Å². The molecule has 0 atom stereocenters. The molecular weight excluding hydrogens is 208 g/mol. The number of allylic oxidation sites excluding steroid dienone is 3. The minimum Gasteiger partial charge on any atom is -0.192 e. The van der Waals surface area contributed by atoms with E-state index in [4.69, 9.17) is 22.1 Å². The van der Waals surface area contributed by atoms with Gasteiger partial charge in [0.05, 0.1) is 0 Å². The molecule has 0 radical (unpaired) electrons. The molecule has 0 amide bonds. The van der Waals surface area contributed by atoms with Gasteiger partial charge in [0.2, 0.25) is 0 Å². The molecule has 0 bridgehead atoms. The summed E-state index contributed by atoms with van der Waals surface area (Å²) in [6, 6.07) is 10.8. The molecule has 2 nitrogen and oxygen atoms in total. The molecule has 0 saturated carbocycles. The monoisotopic (exact) mass is 214 g/mol. The predicted molar refractivity (Wildman–Crippen MR) is 59.8 cm³/mol. The number of benzene rings is 1. The Hall–Kier alpha value is -2.03. The minimum absolute atomic E-state index is 0.0835. The smallest absolute Gasteiger partial charge is 0.129 e. The summed E-state index contributed by atoms with van der Waals surface area (Å²) in [7, 11) is 0. The summed E-state index contributed by atoms with van der Waals surface area (Å²) < 4.78 is 0. The van der Waals surface area contributed by atoms with Crippen molar-refractivity contribution in [1.29, 1.82) is 10.5 Å². The summed E-state index contributed by atoms with van der Waals surface area (Å²) in [5, 5.41) is 17.6. The molecular formula is C12H7ClN2. The lowest BCUT2D eigenvalue weighted by Gasteiger charge is -1.91. The van der Waals surface area contributed by atoms with Crippen LogP contribution in [0.5, 0.6) is 0 Å². The fourth-order valence-electron chi connectivity index (χ4n) is 0.929. The minimum atomic E-state index is 0.0835. The van der Waals surface area contributed by atoms with Gasteiger partial charge in [-0.3, -0.25) is 0 Å². The average Bonchev–Trinajstić information content (AvgIpc) is 2.27. The Labute approximate surface area is 93.3 Å². The van der Waals surface area contributed by atoms with Gasteiger partial charge in [0.25, 0.3) is 0 Å². The van der Waals surface area contributed by atoms with Crippen LogP contribution in [0.1, 0.15) is 5.56 Å². The molecule has 0 saturated heterocycles. The summed E-state index contributed by atoms with van der Waals surface area (Å²) >= 11 is 5.72. The van der Waals surface area contributed by atoms with Gasteiger partial charge in [-0.15, -0.1) is 0 Å². The Bertz CT molecular complexity index is 454. The second-order valence-electron chi connectivity index (χ2n) is 2.71. The van der Waals surface area contributed by atoms with Crippen molar-refractivity contribution in [1.82, 2.24) is 0 Å². The van der Waals surface area contributed by atoms with E-state index in [1.165, 1.54) is 6.08 Å². The molecule has 0 spiro atoms. The van der Waals surface area contributed by atoms with Crippen molar-refractivity contribution in [2.45, 2.75) is 0 Å². The maximum Gasteiger partial charge on any atom is 0.129 e. The fraction of sp³-hybridized carbons (Fsp3) is 0.